The van der Waals surface area contributed by atoms with Crippen LogP contribution in [0.25, 0.3) is 10.9 Å². The second-order valence-corrected chi connectivity index (χ2v) is 7.28. The van der Waals surface area contributed by atoms with Gasteiger partial charge in [-0.2, -0.15) is 4.37 Å². The van der Waals surface area contributed by atoms with Gasteiger partial charge >= 0.3 is 0 Å². The third-order valence-corrected chi connectivity index (χ3v) is 5.53. The third-order valence-electron chi connectivity index (χ3n) is 2.95. The largest absolute Gasteiger partial charge is 0.371 e. The second-order valence-electron chi connectivity index (χ2n) is 4.27. The summed E-state index contributed by atoms with van der Waals surface area (Å²) in [7, 11) is -2.83. The summed E-state index contributed by atoms with van der Waals surface area (Å²) in [6.45, 7) is 0. The van der Waals surface area contributed by atoms with E-state index in [4.69, 9.17) is 0 Å². The molecule has 3 rings (SSSR count). The lowest BCUT2D eigenvalue weighted by Gasteiger charge is -2.09. The number of nitrogens with one attached hydrogen (secondary N) is 1. The molecule has 1 aliphatic heterocycles. The number of benzene rings is 1. The van der Waals surface area contributed by atoms with Crippen LogP contribution in [0.15, 0.2) is 24.3 Å². The lowest BCUT2D eigenvalue weighted by Crippen LogP contribution is -2.19. The molecule has 2 heterocycles. The lowest BCUT2D eigenvalue weighted by molar-refractivity contribution is 0.602. The van der Waals surface area contributed by atoms with Crippen molar-refractivity contribution in [1.29, 1.82) is 0 Å². The Morgan fingerprint density at radius 3 is 2.94 bits per heavy atom. The van der Waals surface area contributed by atoms with Crippen LogP contribution in [0.2, 0.25) is 0 Å². The van der Waals surface area contributed by atoms with Gasteiger partial charge in [-0.1, -0.05) is 12.1 Å². The number of rotatable bonds is 2. The minimum absolute atomic E-state index is 0.0313. The van der Waals surface area contributed by atoms with Crippen molar-refractivity contribution >= 4 is 37.3 Å². The zero-order valence-corrected chi connectivity index (χ0v) is 10.7. The van der Waals surface area contributed by atoms with Crippen molar-refractivity contribution in [3.8, 4) is 0 Å². The molecule has 90 valence electrons. The molecule has 1 atom stereocenters. The Hall–Kier alpha value is -1.14. The predicted molar refractivity (Wildman–Crippen MR) is 70.3 cm³/mol. The minimum Gasteiger partial charge on any atom is -0.371 e. The van der Waals surface area contributed by atoms with Crippen molar-refractivity contribution in [3.63, 3.8) is 0 Å². The molecule has 17 heavy (non-hydrogen) atoms. The second kappa shape index (κ2) is 3.96. The molecule has 1 saturated heterocycles. The lowest BCUT2D eigenvalue weighted by atomic mass is 10.2. The molecule has 1 fully saturated rings. The smallest absolute Gasteiger partial charge is 0.152 e. The number of anilines is 1. The van der Waals surface area contributed by atoms with E-state index in [-0.39, 0.29) is 11.8 Å². The summed E-state index contributed by atoms with van der Waals surface area (Å²) >= 11 is 1.39. The molecular weight excluding hydrogens is 256 g/mol. The van der Waals surface area contributed by atoms with Crippen molar-refractivity contribution in [3.05, 3.63) is 24.3 Å². The standard InChI is InChI=1S/C11H12N2O2S2/c14-17(15)6-5-8(7-17)12-11-9-3-1-2-4-10(9)13-16-11/h1-4,8,12H,5-7H2. The Balaban J connectivity index is 1.86. The molecule has 4 nitrogen and oxygen atoms in total. The highest BCUT2D eigenvalue weighted by Crippen LogP contribution is 2.29. The van der Waals surface area contributed by atoms with Crippen LogP contribution in [-0.4, -0.2) is 30.3 Å². The van der Waals surface area contributed by atoms with E-state index in [1.807, 2.05) is 24.3 Å². The summed E-state index contributed by atoms with van der Waals surface area (Å²) in [6, 6.07) is 7.91. The summed E-state index contributed by atoms with van der Waals surface area (Å²) in [5, 5.41) is 5.34. The van der Waals surface area contributed by atoms with Crippen molar-refractivity contribution in [1.82, 2.24) is 4.37 Å². The van der Waals surface area contributed by atoms with Crippen LogP contribution in [0, 0.1) is 0 Å². The monoisotopic (exact) mass is 268 g/mol. The molecule has 0 aliphatic carbocycles. The van der Waals surface area contributed by atoms with Gasteiger partial charge in [-0.3, -0.25) is 0 Å². The SMILES string of the molecule is O=S1(=O)CCC(Nc2snc3ccccc23)C1. The van der Waals surface area contributed by atoms with Crippen LogP contribution < -0.4 is 5.32 Å². The van der Waals surface area contributed by atoms with E-state index in [9.17, 15) is 8.42 Å². The number of sulfone groups is 1. The Bertz CT molecular complexity index is 648. The van der Waals surface area contributed by atoms with Gasteiger partial charge in [0, 0.05) is 11.4 Å². The van der Waals surface area contributed by atoms with Gasteiger partial charge < -0.3 is 5.32 Å². The fourth-order valence-electron chi connectivity index (χ4n) is 2.09. The number of aromatic nitrogens is 1. The highest BCUT2D eigenvalue weighted by Gasteiger charge is 2.28. The molecule has 1 aliphatic rings. The Labute approximate surface area is 104 Å². The molecule has 6 heteroatoms. The van der Waals surface area contributed by atoms with Crippen LogP contribution in [0.5, 0.6) is 0 Å². The maximum absolute atomic E-state index is 11.4. The van der Waals surface area contributed by atoms with Crippen LogP contribution in [-0.2, 0) is 9.84 Å². The summed E-state index contributed by atoms with van der Waals surface area (Å²) in [6.07, 6.45) is 0.689. The summed E-state index contributed by atoms with van der Waals surface area (Å²) in [5.41, 5.74) is 0.959. The number of hydrogen-bond acceptors (Lipinski definition) is 5. The fourth-order valence-corrected chi connectivity index (χ4v) is 4.60. The first-order valence-electron chi connectivity index (χ1n) is 5.45. The normalized spacial score (nSPS) is 22.9. The predicted octanol–water partition coefficient (Wildman–Crippen LogP) is 1.90. The van der Waals surface area contributed by atoms with Crippen LogP contribution >= 0.6 is 11.5 Å². The Morgan fingerprint density at radius 1 is 1.35 bits per heavy atom. The van der Waals surface area contributed by atoms with Crippen molar-refractivity contribution in [2.75, 3.05) is 16.8 Å². The minimum atomic E-state index is -2.83. The first kappa shape index (κ1) is 11.0. The Morgan fingerprint density at radius 2 is 2.18 bits per heavy atom. The van der Waals surface area contributed by atoms with E-state index in [0.717, 1.165) is 15.9 Å². The molecule has 0 amide bonds. The van der Waals surface area contributed by atoms with Crippen LogP contribution in [0.3, 0.4) is 0 Å². The van der Waals surface area contributed by atoms with E-state index < -0.39 is 9.84 Å². The maximum atomic E-state index is 11.4. The maximum Gasteiger partial charge on any atom is 0.152 e. The molecule has 1 unspecified atom stereocenters. The van der Waals surface area contributed by atoms with Gasteiger partial charge in [0.2, 0.25) is 0 Å². The number of fused-ring (bicyclic) bond motifs is 1. The number of hydrogen-bond donors (Lipinski definition) is 1. The van der Waals surface area contributed by atoms with Gasteiger partial charge in [0.05, 0.1) is 17.0 Å². The van der Waals surface area contributed by atoms with Crippen molar-refractivity contribution in [2.24, 2.45) is 0 Å². The molecule has 2 aromatic rings. The van der Waals surface area contributed by atoms with Crippen LogP contribution in [0.4, 0.5) is 5.00 Å². The molecule has 1 N–H and O–H groups in total. The highest BCUT2D eigenvalue weighted by molar-refractivity contribution is 7.91. The summed E-state index contributed by atoms with van der Waals surface area (Å²) in [5.74, 6) is 0.528. The third kappa shape index (κ3) is 2.14. The van der Waals surface area contributed by atoms with Gasteiger partial charge in [-0.25, -0.2) is 8.42 Å². The average molecular weight is 268 g/mol. The molecule has 0 bridgehead atoms. The first-order valence-corrected chi connectivity index (χ1v) is 8.05. The van der Waals surface area contributed by atoms with Crippen LogP contribution in [0.1, 0.15) is 6.42 Å². The summed E-state index contributed by atoms with van der Waals surface area (Å²) in [4.78, 5) is 0. The number of nitrogens with zero attached hydrogens (tertiary/aromatic N) is 1. The van der Waals surface area contributed by atoms with Crippen molar-refractivity contribution in [2.45, 2.75) is 12.5 Å². The van der Waals surface area contributed by atoms with E-state index in [2.05, 4.69) is 9.69 Å². The average Bonchev–Trinajstić information content (AvgIpc) is 2.84. The first-order chi connectivity index (χ1) is 8.14. The molecule has 0 radical (unpaired) electrons. The van der Waals surface area contributed by atoms with E-state index in [1.54, 1.807) is 0 Å². The van der Waals surface area contributed by atoms with E-state index in [1.165, 1.54) is 11.5 Å². The van der Waals surface area contributed by atoms with Gasteiger partial charge in [0.25, 0.3) is 0 Å². The van der Waals surface area contributed by atoms with Gasteiger partial charge in [-0.15, -0.1) is 0 Å². The zero-order chi connectivity index (χ0) is 11.9. The Kier molecular flexibility index (Phi) is 2.56. The zero-order valence-electron chi connectivity index (χ0n) is 9.09. The van der Waals surface area contributed by atoms with Gasteiger partial charge in [0.1, 0.15) is 5.00 Å². The van der Waals surface area contributed by atoms with Gasteiger partial charge in [-0.05, 0) is 30.1 Å². The summed E-state index contributed by atoms with van der Waals surface area (Å²) < 4.78 is 27.1. The quantitative estimate of drug-likeness (QED) is 0.903. The van der Waals surface area contributed by atoms with Crippen molar-refractivity contribution < 1.29 is 8.42 Å². The van der Waals surface area contributed by atoms with E-state index in [0.29, 0.717) is 12.2 Å². The fraction of sp³-hybridized carbons (Fsp3) is 0.364. The van der Waals surface area contributed by atoms with Gasteiger partial charge in [0.15, 0.2) is 9.84 Å². The molecule has 1 aromatic heterocycles. The molecule has 1 aromatic carbocycles. The molecular formula is C11H12N2O2S2. The topological polar surface area (TPSA) is 59.1 Å². The van der Waals surface area contributed by atoms with E-state index >= 15 is 0 Å². The highest BCUT2D eigenvalue weighted by atomic mass is 32.2. The molecule has 0 saturated carbocycles. The molecule has 0 spiro atoms.